The molecule has 2 N–H and O–H groups in total. The van der Waals surface area contributed by atoms with Crippen LogP contribution in [0.4, 0.5) is 17.6 Å². The molecule has 0 heterocycles. The average molecular weight is 222 g/mol. The van der Waals surface area contributed by atoms with Crippen LogP contribution in [-0.4, -0.2) is 29.4 Å². The van der Waals surface area contributed by atoms with Crippen LogP contribution in [0.3, 0.4) is 0 Å². The molecule has 0 aromatic carbocycles. The van der Waals surface area contributed by atoms with Crippen LogP contribution in [0.2, 0.25) is 0 Å². The second-order valence-electron chi connectivity index (χ2n) is 1.53. The first-order chi connectivity index (χ1) is 4.50. The molecule has 0 aliphatic heterocycles. The van der Waals surface area contributed by atoms with Gasteiger partial charge in [-0.3, -0.25) is 4.55 Å². The second kappa shape index (κ2) is 3.76. The van der Waals surface area contributed by atoms with Gasteiger partial charge in [0.05, 0.1) is 0 Å². The van der Waals surface area contributed by atoms with Gasteiger partial charge in [-0.2, -0.15) is 26.0 Å². The van der Waals surface area contributed by atoms with Crippen molar-refractivity contribution in [1.82, 2.24) is 0 Å². The molecule has 0 fully saturated rings. The van der Waals surface area contributed by atoms with Crippen LogP contribution in [0.5, 0.6) is 0 Å². The molecule has 0 saturated carbocycles. The summed E-state index contributed by atoms with van der Waals surface area (Å²) in [7, 11) is -6.29. The van der Waals surface area contributed by atoms with Crippen LogP contribution in [0, 0.1) is 0 Å². The zero-order valence-corrected chi connectivity index (χ0v) is 8.45. The number of hydrogen-bond donors (Lipinski definition) is 2. The van der Waals surface area contributed by atoms with Crippen molar-refractivity contribution in [3.63, 3.8) is 0 Å². The Morgan fingerprint density at radius 3 is 1.42 bits per heavy atom. The SMILES string of the molecule is O=S(=O)(O)C(F)(F)C(O)(F)F.[H-].[Na+]. The van der Waals surface area contributed by atoms with Gasteiger partial charge in [-0.1, -0.05) is 0 Å². The molecular weight excluding hydrogens is 219 g/mol. The van der Waals surface area contributed by atoms with Crippen LogP contribution in [0.25, 0.3) is 0 Å². The Morgan fingerprint density at radius 2 is 1.42 bits per heavy atom. The maximum atomic E-state index is 11.6. The van der Waals surface area contributed by atoms with Crippen molar-refractivity contribution in [2.75, 3.05) is 0 Å². The van der Waals surface area contributed by atoms with E-state index in [-0.39, 0.29) is 31.0 Å². The number of alkyl halides is 4. The minimum absolute atomic E-state index is 0. The normalized spacial score (nSPS) is 13.8. The van der Waals surface area contributed by atoms with E-state index < -0.39 is 21.5 Å². The zero-order valence-electron chi connectivity index (χ0n) is 6.63. The van der Waals surface area contributed by atoms with E-state index in [4.69, 9.17) is 9.66 Å². The number of aliphatic hydroxyl groups is 1. The maximum Gasteiger partial charge on any atom is 1.00 e. The fourth-order valence-electron chi connectivity index (χ4n) is 0.155. The van der Waals surface area contributed by atoms with Crippen LogP contribution < -0.4 is 29.6 Å². The van der Waals surface area contributed by atoms with Gasteiger partial charge in [0, 0.05) is 0 Å². The third-order valence-corrected chi connectivity index (χ3v) is 1.57. The molecule has 4 nitrogen and oxygen atoms in total. The average Bonchev–Trinajstić information content (AvgIpc) is 1.58. The van der Waals surface area contributed by atoms with Gasteiger partial charge in [-0.25, -0.2) is 0 Å². The van der Waals surface area contributed by atoms with E-state index in [1.165, 1.54) is 0 Å². The van der Waals surface area contributed by atoms with Crippen molar-refractivity contribution in [1.29, 1.82) is 0 Å². The van der Waals surface area contributed by atoms with Crippen molar-refractivity contribution in [3.8, 4) is 0 Å². The first kappa shape index (κ1) is 15.1. The van der Waals surface area contributed by atoms with E-state index in [9.17, 15) is 26.0 Å². The minimum atomic E-state index is -6.29. The molecule has 10 heteroatoms. The largest absolute Gasteiger partial charge is 1.00 e. The van der Waals surface area contributed by atoms with Gasteiger partial charge in [0.25, 0.3) is 0 Å². The molecule has 0 aliphatic rings. The molecule has 0 rings (SSSR count). The molecule has 0 amide bonds. The summed E-state index contributed by atoms with van der Waals surface area (Å²) in [6.07, 6.45) is -5.79. The van der Waals surface area contributed by atoms with Crippen LogP contribution in [0.15, 0.2) is 0 Å². The molecule has 0 aromatic rings. The molecule has 70 valence electrons. The van der Waals surface area contributed by atoms with Crippen LogP contribution >= 0.6 is 0 Å². The van der Waals surface area contributed by atoms with Crippen LogP contribution in [0.1, 0.15) is 1.43 Å². The van der Waals surface area contributed by atoms with E-state index in [0.717, 1.165) is 0 Å². The minimum Gasteiger partial charge on any atom is -1.00 e. The zero-order chi connectivity index (χ0) is 9.50. The van der Waals surface area contributed by atoms with Crippen molar-refractivity contribution >= 4 is 10.1 Å². The molecule has 0 saturated heterocycles. The van der Waals surface area contributed by atoms with E-state index in [0.29, 0.717) is 0 Å². The fraction of sp³-hybridized carbons (Fsp3) is 1.00. The monoisotopic (exact) mass is 222 g/mol. The Balaban J connectivity index is -0.000000500. The van der Waals surface area contributed by atoms with Gasteiger partial charge in [0.2, 0.25) is 0 Å². The first-order valence-electron chi connectivity index (χ1n) is 1.95. The van der Waals surface area contributed by atoms with Gasteiger partial charge in [0.1, 0.15) is 0 Å². The summed E-state index contributed by atoms with van der Waals surface area (Å²) in [6, 6.07) is 0. The summed E-state index contributed by atoms with van der Waals surface area (Å²) < 4.78 is 72.1. The topological polar surface area (TPSA) is 74.6 Å². The van der Waals surface area contributed by atoms with Gasteiger partial charge < -0.3 is 6.53 Å². The Morgan fingerprint density at radius 1 is 1.17 bits per heavy atom. The van der Waals surface area contributed by atoms with Crippen LogP contribution in [-0.2, 0) is 10.1 Å². The summed E-state index contributed by atoms with van der Waals surface area (Å²) in [4.78, 5) is 0. The quantitative estimate of drug-likeness (QED) is 0.300. The van der Waals surface area contributed by atoms with Crippen molar-refractivity contribution < 1.29 is 66.6 Å². The molecule has 0 unspecified atom stereocenters. The van der Waals surface area contributed by atoms with Gasteiger partial charge in [-0.15, -0.1) is 0 Å². The summed E-state index contributed by atoms with van der Waals surface area (Å²) >= 11 is 0. The van der Waals surface area contributed by atoms with Crippen molar-refractivity contribution in [3.05, 3.63) is 0 Å². The number of rotatable bonds is 2. The molecule has 12 heavy (non-hydrogen) atoms. The number of halogens is 4. The van der Waals surface area contributed by atoms with E-state index in [1.807, 2.05) is 0 Å². The Labute approximate surface area is 88.1 Å². The third-order valence-electron chi connectivity index (χ3n) is 0.674. The Hall–Kier alpha value is 0.590. The molecule has 0 aromatic heterocycles. The standard InChI is InChI=1S/C2H2F4O4S.Na.H/c3-1(4,7)2(5,6)11(8,9)10;;/h7H,(H,8,9,10);;/q;+1;-1. The van der Waals surface area contributed by atoms with E-state index in [1.54, 1.807) is 0 Å². The molecule has 0 radical (unpaired) electrons. The van der Waals surface area contributed by atoms with Crippen molar-refractivity contribution in [2.45, 2.75) is 11.4 Å². The summed E-state index contributed by atoms with van der Waals surface area (Å²) in [5.74, 6) is 0. The van der Waals surface area contributed by atoms with Crippen molar-refractivity contribution in [2.24, 2.45) is 0 Å². The van der Waals surface area contributed by atoms with Gasteiger partial charge in [-0.05, 0) is 0 Å². The molecule has 0 atom stereocenters. The van der Waals surface area contributed by atoms with E-state index >= 15 is 0 Å². The maximum absolute atomic E-state index is 11.6. The Bertz CT molecular complexity index is 247. The van der Waals surface area contributed by atoms with Gasteiger partial charge in [0.15, 0.2) is 0 Å². The molecule has 0 spiro atoms. The van der Waals surface area contributed by atoms with Gasteiger partial charge >= 0.3 is 51.0 Å². The Kier molecular flexibility index (Phi) is 4.73. The second-order valence-corrected chi connectivity index (χ2v) is 3.00. The number of hydrogen-bond acceptors (Lipinski definition) is 3. The first-order valence-corrected chi connectivity index (χ1v) is 3.39. The predicted octanol–water partition coefficient (Wildman–Crippen LogP) is -2.83. The third kappa shape index (κ3) is 2.82. The predicted molar refractivity (Wildman–Crippen MR) is 24.8 cm³/mol. The summed E-state index contributed by atoms with van der Waals surface area (Å²) in [5, 5.41) is 1.38. The molecule has 0 bridgehead atoms. The molecule has 0 aliphatic carbocycles. The smallest absolute Gasteiger partial charge is 1.00 e. The summed E-state index contributed by atoms with van der Waals surface area (Å²) in [6.45, 7) is 0. The summed E-state index contributed by atoms with van der Waals surface area (Å²) in [5.41, 5.74) is 0. The van der Waals surface area contributed by atoms with E-state index in [2.05, 4.69) is 0 Å². The molecular formula is C2H3F4NaO4S. The fourth-order valence-corrected chi connectivity index (χ4v) is 0.466.